The zero-order valence-electron chi connectivity index (χ0n) is 8.88. The molecule has 90 valence electrons. The Morgan fingerprint density at radius 3 is 2.50 bits per heavy atom. The highest BCUT2D eigenvalue weighted by atomic mass is 35.5. The summed E-state index contributed by atoms with van der Waals surface area (Å²) in [6.45, 7) is 1.75. The van der Waals surface area contributed by atoms with E-state index in [9.17, 15) is 13.5 Å². The molecule has 0 saturated carbocycles. The second-order valence-electron chi connectivity index (χ2n) is 4.19. The average Bonchev–Trinajstić information content (AvgIpc) is 2.42. The zero-order valence-corrected chi connectivity index (χ0v) is 10.5. The van der Waals surface area contributed by atoms with Crippen LogP contribution < -0.4 is 0 Å². The molecule has 0 aromatic carbocycles. The fourth-order valence-electron chi connectivity index (χ4n) is 1.70. The highest BCUT2D eigenvalue weighted by Crippen LogP contribution is 2.30. The molecule has 0 amide bonds. The lowest BCUT2D eigenvalue weighted by Gasteiger charge is -2.42. The molecule has 1 aliphatic heterocycles. The topological polar surface area (TPSA) is 75.4 Å². The number of halogens is 1. The van der Waals surface area contributed by atoms with Gasteiger partial charge in [0.25, 0.3) is 10.0 Å². The van der Waals surface area contributed by atoms with Gasteiger partial charge in [-0.15, -0.1) is 0 Å². The molecular weight excluding hydrogens is 254 g/mol. The van der Waals surface area contributed by atoms with E-state index in [1.807, 2.05) is 0 Å². The summed E-state index contributed by atoms with van der Waals surface area (Å²) in [6.07, 6.45) is 1.28. The van der Waals surface area contributed by atoms with Crippen LogP contribution in [0.25, 0.3) is 0 Å². The highest BCUT2D eigenvalue weighted by molar-refractivity contribution is 7.89. The van der Waals surface area contributed by atoms with Crippen LogP contribution in [0.5, 0.6) is 0 Å². The summed E-state index contributed by atoms with van der Waals surface area (Å²) in [7, 11) is -2.14. The van der Waals surface area contributed by atoms with Gasteiger partial charge in [0.15, 0.2) is 5.03 Å². The van der Waals surface area contributed by atoms with Crippen LogP contribution in [0.15, 0.2) is 11.2 Å². The molecular formula is C8H12ClN3O3S. The Bertz CT molecular complexity index is 495. The van der Waals surface area contributed by atoms with E-state index >= 15 is 0 Å². The van der Waals surface area contributed by atoms with Gasteiger partial charge in [-0.25, -0.2) is 8.42 Å². The Labute approximate surface area is 98.5 Å². The van der Waals surface area contributed by atoms with Gasteiger partial charge in [0.1, 0.15) is 0 Å². The normalized spacial score (nSPS) is 20.8. The molecule has 1 fully saturated rings. The summed E-state index contributed by atoms with van der Waals surface area (Å²) >= 11 is 5.77. The predicted octanol–water partition coefficient (Wildman–Crippen LogP) is -0.171. The average molecular weight is 266 g/mol. The van der Waals surface area contributed by atoms with Crippen molar-refractivity contribution >= 4 is 21.6 Å². The van der Waals surface area contributed by atoms with E-state index in [0.29, 0.717) is 0 Å². The van der Waals surface area contributed by atoms with Gasteiger partial charge in [0.2, 0.25) is 0 Å². The second-order valence-corrected chi connectivity index (χ2v) is 6.45. The molecule has 1 N–H and O–H groups in total. The van der Waals surface area contributed by atoms with E-state index < -0.39 is 15.6 Å². The first-order chi connectivity index (χ1) is 7.24. The summed E-state index contributed by atoms with van der Waals surface area (Å²) in [6, 6.07) is 0. The molecule has 0 atom stereocenters. The van der Waals surface area contributed by atoms with Crippen LogP contribution in [0.4, 0.5) is 0 Å². The van der Waals surface area contributed by atoms with E-state index in [0.717, 1.165) is 0 Å². The standard InChI is InChI=1S/C8H12ClN3O3S/c1-8(13)4-12(5-8)16(14,15)7-6(9)3-10-11(7)2/h3,13H,4-5H2,1-2H3. The lowest BCUT2D eigenvalue weighted by Crippen LogP contribution is -2.61. The summed E-state index contributed by atoms with van der Waals surface area (Å²) < 4.78 is 26.5. The van der Waals surface area contributed by atoms with Gasteiger partial charge in [-0.05, 0) is 6.92 Å². The van der Waals surface area contributed by atoms with Crippen molar-refractivity contribution in [1.29, 1.82) is 0 Å². The van der Waals surface area contributed by atoms with Gasteiger partial charge in [0, 0.05) is 20.1 Å². The molecule has 6 nitrogen and oxygen atoms in total. The molecule has 16 heavy (non-hydrogen) atoms. The van der Waals surface area contributed by atoms with Gasteiger partial charge < -0.3 is 5.11 Å². The maximum absolute atomic E-state index is 12.1. The highest BCUT2D eigenvalue weighted by Gasteiger charge is 2.45. The third kappa shape index (κ3) is 1.73. The quantitative estimate of drug-likeness (QED) is 0.806. The molecule has 0 aliphatic carbocycles. The summed E-state index contributed by atoms with van der Waals surface area (Å²) in [5, 5.41) is 13.4. The van der Waals surface area contributed by atoms with Crippen molar-refractivity contribution in [2.45, 2.75) is 17.6 Å². The monoisotopic (exact) mass is 265 g/mol. The Balaban J connectivity index is 2.35. The fraction of sp³-hybridized carbons (Fsp3) is 0.625. The number of rotatable bonds is 2. The number of nitrogens with zero attached hydrogens (tertiary/aromatic N) is 3. The minimum absolute atomic E-state index is 0.0373. The smallest absolute Gasteiger partial charge is 0.261 e. The van der Waals surface area contributed by atoms with Crippen LogP contribution >= 0.6 is 11.6 Å². The number of aromatic nitrogens is 2. The molecule has 8 heteroatoms. The largest absolute Gasteiger partial charge is 0.387 e. The summed E-state index contributed by atoms with van der Waals surface area (Å²) in [5.74, 6) is 0. The van der Waals surface area contributed by atoms with E-state index in [2.05, 4.69) is 5.10 Å². The van der Waals surface area contributed by atoms with E-state index in [1.165, 1.54) is 22.2 Å². The van der Waals surface area contributed by atoms with Crippen LogP contribution in [0.2, 0.25) is 5.02 Å². The molecule has 1 aromatic rings. The fourth-order valence-corrected chi connectivity index (χ4v) is 3.97. The SMILES string of the molecule is Cn1ncc(Cl)c1S(=O)(=O)N1CC(C)(O)C1. The first-order valence-corrected chi connectivity index (χ1v) is 6.46. The molecule has 0 bridgehead atoms. The summed E-state index contributed by atoms with van der Waals surface area (Å²) in [4.78, 5) is 0. The lowest BCUT2D eigenvalue weighted by atomic mass is 10.0. The minimum atomic E-state index is -3.65. The Morgan fingerprint density at radius 1 is 1.56 bits per heavy atom. The number of sulfonamides is 1. The van der Waals surface area contributed by atoms with Crippen molar-refractivity contribution in [2.75, 3.05) is 13.1 Å². The first kappa shape index (κ1) is 11.8. The molecule has 0 spiro atoms. The van der Waals surface area contributed by atoms with Gasteiger partial charge >= 0.3 is 0 Å². The first-order valence-electron chi connectivity index (χ1n) is 4.64. The number of hydrogen-bond acceptors (Lipinski definition) is 4. The minimum Gasteiger partial charge on any atom is -0.387 e. The van der Waals surface area contributed by atoms with Gasteiger partial charge in [-0.3, -0.25) is 4.68 Å². The number of aryl methyl sites for hydroxylation is 1. The molecule has 1 aliphatic rings. The van der Waals surface area contributed by atoms with Crippen LogP contribution in [0.1, 0.15) is 6.92 Å². The molecule has 1 aromatic heterocycles. The van der Waals surface area contributed by atoms with Crippen molar-refractivity contribution in [3.8, 4) is 0 Å². The molecule has 2 rings (SSSR count). The number of aliphatic hydroxyl groups is 1. The van der Waals surface area contributed by atoms with E-state index in [4.69, 9.17) is 11.6 Å². The second kappa shape index (κ2) is 3.43. The van der Waals surface area contributed by atoms with Crippen LogP contribution in [0, 0.1) is 0 Å². The zero-order chi connectivity index (χ0) is 12.1. The number of β-amino-alcohol motifs (C(OH)–C–C–N with tert-alkyl or cyclic N) is 1. The van der Waals surface area contributed by atoms with Crippen LogP contribution in [-0.4, -0.2) is 46.3 Å². The number of hydrogen-bond donors (Lipinski definition) is 1. The maximum atomic E-state index is 12.1. The van der Waals surface area contributed by atoms with Crippen molar-refractivity contribution in [2.24, 2.45) is 7.05 Å². The van der Waals surface area contributed by atoms with Crippen LogP contribution in [0.3, 0.4) is 0 Å². The van der Waals surface area contributed by atoms with Crippen molar-refractivity contribution in [3.63, 3.8) is 0 Å². The molecule has 1 saturated heterocycles. The van der Waals surface area contributed by atoms with Crippen molar-refractivity contribution in [3.05, 3.63) is 11.2 Å². The molecule has 2 heterocycles. The third-order valence-corrected chi connectivity index (χ3v) is 4.76. The van der Waals surface area contributed by atoms with Crippen LogP contribution in [-0.2, 0) is 17.1 Å². The maximum Gasteiger partial charge on any atom is 0.261 e. The molecule has 0 radical (unpaired) electrons. The Morgan fingerprint density at radius 2 is 2.12 bits per heavy atom. The van der Waals surface area contributed by atoms with Gasteiger partial charge in [0.05, 0.1) is 16.8 Å². The Hall–Kier alpha value is -0.630. The van der Waals surface area contributed by atoms with Gasteiger partial charge in [-0.2, -0.15) is 9.40 Å². The van der Waals surface area contributed by atoms with Gasteiger partial charge in [-0.1, -0.05) is 11.6 Å². The summed E-state index contributed by atoms with van der Waals surface area (Å²) in [5.41, 5.74) is -0.946. The van der Waals surface area contributed by atoms with E-state index in [-0.39, 0.29) is 23.1 Å². The lowest BCUT2D eigenvalue weighted by molar-refractivity contribution is -0.0428. The molecule has 0 unspecified atom stereocenters. The van der Waals surface area contributed by atoms with Crippen molar-refractivity contribution < 1.29 is 13.5 Å². The third-order valence-electron chi connectivity index (χ3n) is 2.46. The Kier molecular flexibility index (Phi) is 2.54. The van der Waals surface area contributed by atoms with E-state index in [1.54, 1.807) is 6.92 Å². The van der Waals surface area contributed by atoms with Crippen molar-refractivity contribution in [1.82, 2.24) is 14.1 Å². The predicted molar refractivity (Wildman–Crippen MR) is 57.6 cm³/mol.